The minimum Gasteiger partial charge on any atom is -0.310 e. The number of carbonyl (C=O) groups is 2. The molecule has 1 spiro atoms. The molecule has 2 fully saturated rings. The maximum Gasteiger partial charge on any atom is 0.325 e. The molecule has 1 heterocycles. The molecule has 0 atom stereocenters. The molecule has 6 nitrogen and oxygen atoms in total. The topological polar surface area (TPSA) is 83.6 Å². The summed E-state index contributed by atoms with van der Waals surface area (Å²) >= 11 is 0. The fourth-order valence-electron chi connectivity index (χ4n) is 3.31. The van der Waals surface area contributed by atoms with Crippen molar-refractivity contribution in [2.24, 2.45) is 0 Å². The number of hydrogen-bond donors (Lipinski definition) is 1. The molecule has 0 bridgehead atoms. The molecule has 0 radical (unpaired) electrons. The van der Waals surface area contributed by atoms with Gasteiger partial charge >= 0.3 is 6.03 Å². The Morgan fingerprint density at radius 2 is 1.76 bits per heavy atom. The van der Waals surface area contributed by atoms with Gasteiger partial charge in [-0.25, -0.2) is 13.2 Å². The van der Waals surface area contributed by atoms with Gasteiger partial charge in [0.2, 0.25) is 0 Å². The predicted molar refractivity (Wildman–Crippen MR) is 79.6 cm³/mol. The van der Waals surface area contributed by atoms with Gasteiger partial charge < -0.3 is 4.90 Å². The van der Waals surface area contributed by atoms with Crippen molar-refractivity contribution in [3.8, 4) is 0 Å². The van der Waals surface area contributed by atoms with E-state index in [4.69, 9.17) is 0 Å². The molecule has 1 aliphatic carbocycles. The summed E-state index contributed by atoms with van der Waals surface area (Å²) < 4.78 is 23.1. The Hall–Kier alpha value is -1.11. The molecular formula is C14H24N2O4S. The summed E-state index contributed by atoms with van der Waals surface area (Å²) in [4.78, 5) is 25.9. The Morgan fingerprint density at radius 3 is 2.33 bits per heavy atom. The number of amides is 3. The lowest BCUT2D eigenvalue weighted by Gasteiger charge is -2.34. The van der Waals surface area contributed by atoms with Crippen LogP contribution >= 0.6 is 0 Å². The van der Waals surface area contributed by atoms with Gasteiger partial charge in [-0.1, -0.05) is 32.6 Å². The Morgan fingerprint density at radius 1 is 1.14 bits per heavy atom. The zero-order valence-electron chi connectivity index (χ0n) is 12.6. The van der Waals surface area contributed by atoms with Crippen molar-refractivity contribution in [1.29, 1.82) is 0 Å². The molecule has 0 aromatic heterocycles. The SMILES string of the molecule is CCS(=O)(=O)CCCN1C(=O)NC(=O)C12CCCCCC2. The van der Waals surface area contributed by atoms with E-state index in [9.17, 15) is 18.0 Å². The van der Waals surface area contributed by atoms with Crippen molar-refractivity contribution < 1.29 is 18.0 Å². The van der Waals surface area contributed by atoms with Crippen LogP contribution in [-0.4, -0.2) is 48.8 Å². The van der Waals surface area contributed by atoms with E-state index < -0.39 is 15.4 Å². The smallest absolute Gasteiger partial charge is 0.310 e. The van der Waals surface area contributed by atoms with E-state index >= 15 is 0 Å². The van der Waals surface area contributed by atoms with Gasteiger partial charge in [0.15, 0.2) is 0 Å². The van der Waals surface area contributed by atoms with Gasteiger partial charge in [0.1, 0.15) is 15.4 Å². The van der Waals surface area contributed by atoms with Crippen molar-refractivity contribution in [3.63, 3.8) is 0 Å². The van der Waals surface area contributed by atoms with E-state index in [0.717, 1.165) is 25.7 Å². The van der Waals surface area contributed by atoms with Gasteiger partial charge in [-0.15, -0.1) is 0 Å². The minimum atomic E-state index is -3.03. The number of nitrogens with one attached hydrogen (secondary N) is 1. The van der Waals surface area contributed by atoms with Crippen molar-refractivity contribution >= 4 is 21.8 Å². The van der Waals surface area contributed by atoms with E-state index in [0.29, 0.717) is 25.8 Å². The lowest BCUT2D eigenvalue weighted by atomic mass is 9.88. The number of urea groups is 1. The third-order valence-corrected chi connectivity index (χ3v) is 6.40. The number of imide groups is 1. The summed E-state index contributed by atoms with van der Waals surface area (Å²) in [5, 5.41) is 2.42. The monoisotopic (exact) mass is 316 g/mol. The molecule has 1 saturated carbocycles. The fourth-order valence-corrected chi connectivity index (χ4v) is 4.17. The first-order valence-electron chi connectivity index (χ1n) is 7.75. The summed E-state index contributed by atoms with van der Waals surface area (Å²) in [5.41, 5.74) is -0.733. The standard InChI is InChI=1S/C14H24N2O4S/c1-2-21(19,20)11-7-10-16-13(18)15-12(17)14(16)8-5-3-4-6-9-14/h2-11H2,1H3,(H,15,17,18). The van der Waals surface area contributed by atoms with E-state index in [1.54, 1.807) is 11.8 Å². The maximum atomic E-state index is 12.2. The molecule has 1 aliphatic heterocycles. The molecule has 2 rings (SSSR count). The first-order valence-corrected chi connectivity index (χ1v) is 9.57. The van der Waals surface area contributed by atoms with Crippen LogP contribution in [0.5, 0.6) is 0 Å². The van der Waals surface area contributed by atoms with Crippen LogP contribution in [0.15, 0.2) is 0 Å². The number of hydrogen-bond acceptors (Lipinski definition) is 4. The molecule has 3 amide bonds. The van der Waals surface area contributed by atoms with Gasteiger partial charge in [0.25, 0.3) is 5.91 Å². The molecule has 21 heavy (non-hydrogen) atoms. The first kappa shape index (κ1) is 16.3. The van der Waals surface area contributed by atoms with Crippen LogP contribution in [-0.2, 0) is 14.6 Å². The maximum absolute atomic E-state index is 12.2. The summed E-state index contributed by atoms with van der Waals surface area (Å²) in [5.74, 6) is -0.0198. The van der Waals surface area contributed by atoms with Crippen LogP contribution in [0.25, 0.3) is 0 Å². The number of rotatable bonds is 5. The highest BCUT2D eigenvalue weighted by Crippen LogP contribution is 2.36. The third-order valence-electron chi connectivity index (χ3n) is 4.61. The molecule has 7 heteroatoms. The Bertz CT molecular complexity index is 507. The zero-order valence-corrected chi connectivity index (χ0v) is 13.4. The summed E-state index contributed by atoms with van der Waals surface area (Å²) in [6.45, 7) is 1.95. The Labute approximate surface area is 126 Å². The molecule has 1 N–H and O–H groups in total. The minimum absolute atomic E-state index is 0.0670. The molecule has 120 valence electrons. The second-order valence-corrected chi connectivity index (χ2v) is 8.42. The van der Waals surface area contributed by atoms with Gasteiger partial charge in [-0.3, -0.25) is 10.1 Å². The quantitative estimate of drug-likeness (QED) is 0.778. The van der Waals surface area contributed by atoms with Gasteiger partial charge in [-0.05, 0) is 19.3 Å². The average molecular weight is 316 g/mol. The number of sulfone groups is 1. The van der Waals surface area contributed by atoms with E-state index in [1.165, 1.54) is 0 Å². The van der Waals surface area contributed by atoms with E-state index in [2.05, 4.69) is 5.32 Å². The van der Waals surface area contributed by atoms with Crippen LogP contribution < -0.4 is 5.32 Å². The Balaban J connectivity index is 2.07. The average Bonchev–Trinajstić information content (AvgIpc) is 2.64. The second kappa shape index (κ2) is 6.34. The fraction of sp³-hybridized carbons (Fsp3) is 0.857. The number of nitrogens with zero attached hydrogens (tertiary/aromatic N) is 1. The number of carbonyl (C=O) groups excluding carboxylic acids is 2. The van der Waals surface area contributed by atoms with Crippen molar-refractivity contribution in [3.05, 3.63) is 0 Å². The molecule has 1 saturated heterocycles. The summed E-state index contributed by atoms with van der Waals surface area (Å²) in [6, 6.07) is -0.365. The Kier molecular flexibility index (Phi) is 4.91. The predicted octanol–water partition coefficient (Wildman–Crippen LogP) is 1.46. The largest absolute Gasteiger partial charge is 0.325 e. The lowest BCUT2D eigenvalue weighted by Crippen LogP contribution is -2.49. The normalized spacial score (nSPS) is 22.4. The van der Waals surface area contributed by atoms with Crippen molar-refractivity contribution in [2.75, 3.05) is 18.1 Å². The molecular weight excluding hydrogens is 292 g/mol. The molecule has 0 unspecified atom stereocenters. The van der Waals surface area contributed by atoms with Gasteiger partial charge in [-0.2, -0.15) is 0 Å². The molecule has 0 aromatic carbocycles. The van der Waals surface area contributed by atoms with Crippen LogP contribution in [0.4, 0.5) is 4.79 Å². The highest BCUT2D eigenvalue weighted by Gasteiger charge is 2.51. The van der Waals surface area contributed by atoms with Crippen molar-refractivity contribution in [2.45, 2.75) is 57.4 Å². The van der Waals surface area contributed by atoms with Gasteiger partial charge in [0.05, 0.1) is 5.75 Å². The van der Waals surface area contributed by atoms with E-state index in [-0.39, 0.29) is 23.4 Å². The van der Waals surface area contributed by atoms with Crippen molar-refractivity contribution in [1.82, 2.24) is 10.2 Å². The highest BCUT2D eigenvalue weighted by molar-refractivity contribution is 7.91. The third kappa shape index (κ3) is 3.39. The molecule has 2 aliphatic rings. The van der Waals surface area contributed by atoms with Crippen LogP contribution in [0.3, 0.4) is 0 Å². The first-order chi connectivity index (χ1) is 9.91. The van der Waals surface area contributed by atoms with Gasteiger partial charge in [0, 0.05) is 12.3 Å². The zero-order chi connectivity index (χ0) is 15.5. The van der Waals surface area contributed by atoms with E-state index in [1.807, 2.05) is 0 Å². The highest BCUT2D eigenvalue weighted by atomic mass is 32.2. The lowest BCUT2D eigenvalue weighted by molar-refractivity contribution is -0.127. The summed E-state index contributed by atoms with van der Waals surface area (Å²) in [6.07, 6.45) is 5.80. The second-order valence-electron chi connectivity index (χ2n) is 5.95. The summed E-state index contributed by atoms with van der Waals surface area (Å²) in [7, 11) is -3.03. The van der Waals surface area contributed by atoms with Crippen LogP contribution in [0.2, 0.25) is 0 Å². The van der Waals surface area contributed by atoms with Crippen LogP contribution in [0, 0.1) is 0 Å². The van der Waals surface area contributed by atoms with Crippen LogP contribution in [0.1, 0.15) is 51.9 Å². The molecule has 0 aromatic rings.